The summed E-state index contributed by atoms with van der Waals surface area (Å²) < 4.78 is 8.87. The SMILES string of the molecule is NC(c1ccco1)c1cnns1. The molecule has 0 bridgehead atoms. The molecule has 0 amide bonds. The molecule has 1 atom stereocenters. The molecule has 0 aliphatic rings. The molecule has 0 spiro atoms. The second-order valence-corrected chi connectivity index (χ2v) is 3.13. The molecule has 2 aromatic heterocycles. The maximum absolute atomic E-state index is 5.84. The minimum absolute atomic E-state index is 0.236. The van der Waals surface area contributed by atoms with Crippen molar-refractivity contribution in [2.75, 3.05) is 0 Å². The monoisotopic (exact) mass is 181 g/mol. The predicted octanol–water partition coefficient (Wildman–Crippen LogP) is 1.18. The van der Waals surface area contributed by atoms with Crippen molar-refractivity contribution in [3.05, 3.63) is 35.2 Å². The van der Waals surface area contributed by atoms with E-state index in [-0.39, 0.29) is 6.04 Å². The molecule has 62 valence electrons. The van der Waals surface area contributed by atoms with Gasteiger partial charge in [0.2, 0.25) is 0 Å². The Kier molecular flexibility index (Phi) is 1.89. The number of nitrogens with zero attached hydrogens (tertiary/aromatic N) is 2. The van der Waals surface area contributed by atoms with Crippen LogP contribution in [0, 0.1) is 0 Å². The minimum Gasteiger partial charge on any atom is -0.467 e. The van der Waals surface area contributed by atoms with Crippen molar-refractivity contribution in [1.29, 1.82) is 0 Å². The van der Waals surface area contributed by atoms with Crippen LogP contribution >= 0.6 is 11.5 Å². The molecule has 0 saturated heterocycles. The van der Waals surface area contributed by atoms with Gasteiger partial charge in [-0.25, -0.2) is 0 Å². The molecule has 1 unspecified atom stereocenters. The quantitative estimate of drug-likeness (QED) is 0.755. The summed E-state index contributed by atoms with van der Waals surface area (Å²) in [6, 6.07) is 3.41. The lowest BCUT2D eigenvalue weighted by molar-refractivity contribution is 0.492. The molecule has 2 aromatic rings. The van der Waals surface area contributed by atoms with Crippen LogP contribution in [0.3, 0.4) is 0 Å². The van der Waals surface area contributed by atoms with Crippen LogP contribution in [0.5, 0.6) is 0 Å². The van der Waals surface area contributed by atoms with Crippen LogP contribution in [-0.2, 0) is 0 Å². The van der Waals surface area contributed by atoms with E-state index in [0.717, 1.165) is 10.6 Å². The van der Waals surface area contributed by atoms with Crippen LogP contribution < -0.4 is 5.73 Å². The summed E-state index contributed by atoms with van der Waals surface area (Å²) in [7, 11) is 0. The Labute approximate surface area is 73.2 Å². The molecular formula is C7H7N3OS. The molecular weight excluding hydrogens is 174 g/mol. The first kappa shape index (κ1) is 7.45. The van der Waals surface area contributed by atoms with Gasteiger partial charge in [-0.1, -0.05) is 4.49 Å². The zero-order valence-corrected chi connectivity index (χ0v) is 6.99. The Balaban J connectivity index is 2.27. The number of hydrogen-bond acceptors (Lipinski definition) is 5. The summed E-state index contributed by atoms with van der Waals surface area (Å²) in [5, 5.41) is 3.70. The van der Waals surface area contributed by atoms with E-state index in [1.54, 1.807) is 12.5 Å². The first-order chi connectivity index (χ1) is 5.88. The lowest BCUT2D eigenvalue weighted by Gasteiger charge is -2.02. The fourth-order valence-electron chi connectivity index (χ4n) is 0.920. The average Bonchev–Trinajstić information content (AvgIpc) is 2.77. The van der Waals surface area contributed by atoms with Crippen LogP contribution in [0.4, 0.5) is 0 Å². The third-order valence-corrected chi connectivity index (χ3v) is 2.28. The van der Waals surface area contributed by atoms with E-state index >= 15 is 0 Å². The van der Waals surface area contributed by atoms with Gasteiger partial charge in [-0.15, -0.1) is 5.10 Å². The largest absolute Gasteiger partial charge is 0.467 e. The van der Waals surface area contributed by atoms with Crippen molar-refractivity contribution >= 4 is 11.5 Å². The van der Waals surface area contributed by atoms with Gasteiger partial charge in [0.1, 0.15) is 11.8 Å². The van der Waals surface area contributed by atoms with E-state index in [4.69, 9.17) is 10.2 Å². The molecule has 0 aliphatic carbocycles. The van der Waals surface area contributed by atoms with Gasteiger partial charge in [-0.3, -0.25) is 0 Å². The summed E-state index contributed by atoms with van der Waals surface area (Å²) in [6.07, 6.45) is 3.25. The van der Waals surface area contributed by atoms with Gasteiger partial charge in [-0.2, -0.15) is 0 Å². The van der Waals surface area contributed by atoms with Crippen LogP contribution in [0.1, 0.15) is 16.7 Å². The smallest absolute Gasteiger partial charge is 0.125 e. The molecule has 2 heterocycles. The van der Waals surface area contributed by atoms with Crippen LogP contribution in [0.25, 0.3) is 0 Å². The van der Waals surface area contributed by atoms with Gasteiger partial charge in [0.05, 0.1) is 17.3 Å². The molecule has 0 saturated carbocycles. The molecule has 0 radical (unpaired) electrons. The Hall–Kier alpha value is -1.20. The highest BCUT2D eigenvalue weighted by molar-refractivity contribution is 7.05. The van der Waals surface area contributed by atoms with E-state index in [9.17, 15) is 0 Å². The van der Waals surface area contributed by atoms with E-state index in [1.165, 1.54) is 11.5 Å². The summed E-state index contributed by atoms with van der Waals surface area (Å²) >= 11 is 1.28. The second kappa shape index (κ2) is 3.04. The van der Waals surface area contributed by atoms with Gasteiger partial charge in [0.15, 0.2) is 0 Å². The molecule has 12 heavy (non-hydrogen) atoms. The van der Waals surface area contributed by atoms with Gasteiger partial charge in [0, 0.05) is 0 Å². The Morgan fingerprint density at radius 1 is 1.58 bits per heavy atom. The average molecular weight is 181 g/mol. The highest BCUT2D eigenvalue weighted by atomic mass is 32.1. The van der Waals surface area contributed by atoms with Crippen LogP contribution in [0.15, 0.2) is 29.0 Å². The molecule has 0 fully saturated rings. The molecule has 5 heteroatoms. The summed E-state index contributed by atoms with van der Waals surface area (Å²) in [5.41, 5.74) is 5.84. The third kappa shape index (κ3) is 1.24. The van der Waals surface area contributed by atoms with Crippen molar-refractivity contribution in [2.45, 2.75) is 6.04 Å². The van der Waals surface area contributed by atoms with E-state index in [2.05, 4.69) is 9.59 Å². The van der Waals surface area contributed by atoms with E-state index in [0.29, 0.717) is 0 Å². The number of aromatic nitrogens is 2. The topological polar surface area (TPSA) is 64.9 Å². The second-order valence-electron chi connectivity index (χ2n) is 2.31. The lowest BCUT2D eigenvalue weighted by Crippen LogP contribution is -2.08. The number of furan rings is 1. The standard InChI is InChI=1S/C7H7N3OS/c8-7(5-2-1-3-11-5)6-4-9-10-12-6/h1-4,7H,8H2. The van der Waals surface area contributed by atoms with Gasteiger partial charge >= 0.3 is 0 Å². The maximum atomic E-state index is 5.84. The minimum atomic E-state index is -0.236. The van der Waals surface area contributed by atoms with Crippen LogP contribution in [-0.4, -0.2) is 9.59 Å². The van der Waals surface area contributed by atoms with Crippen molar-refractivity contribution in [3.8, 4) is 0 Å². The first-order valence-electron chi connectivity index (χ1n) is 3.44. The maximum Gasteiger partial charge on any atom is 0.125 e. The lowest BCUT2D eigenvalue weighted by atomic mass is 10.2. The van der Waals surface area contributed by atoms with Crippen molar-refractivity contribution in [3.63, 3.8) is 0 Å². The van der Waals surface area contributed by atoms with Crippen molar-refractivity contribution in [1.82, 2.24) is 9.59 Å². The van der Waals surface area contributed by atoms with Gasteiger partial charge < -0.3 is 10.2 Å². The third-order valence-electron chi connectivity index (χ3n) is 1.53. The number of hydrogen-bond donors (Lipinski definition) is 1. The number of nitrogens with two attached hydrogens (primary N) is 1. The highest BCUT2D eigenvalue weighted by Gasteiger charge is 2.13. The van der Waals surface area contributed by atoms with Crippen molar-refractivity contribution in [2.24, 2.45) is 5.73 Å². The fourth-order valence-corrected chi connectivity index (χ4v) is 1.43. The summed E-state index contributed by atoms with van der Waals surface area (Å²) in [4.78, 5) is 0.907. The van der Waals surface area contributed by atoms with E-state index < -0.39 is 0 Å². The predicted molar refractivity (Wildman–Crippen MR) is 44.6 cm³/mol. The summed E-state index contributed by atoms with van der Waals surface area (Å²) in [5.74, 6) is 0.737. The zero-order valence-electron chi connectivity index (χ0n) is 6.18. The Bertz CT molecular complexity index is 295. The molecule has 0 aromatic carbocycles. The van der Waals surface area contributed by atoms with E-state index in [1.807, 2.05) is 12.1 Å². The molecule has 4 nitrogen and oxygen atoms in total. The normalized spacial score (nSPS) is 13.1. The van der Waals surface area contributed by atoms with Crippen LogP contribution in [0.2, 0.25) is 0 Å². The Morgan fingerprint density at radius 2 is 2.50 bits per heavy atom. The fraction of sp³-hybridized carbons (Fsp3) is 0.143. The zero-order chi connectivity index (χ0) is 8.39. The molecule has 2 rings (SSSR count). The first-order valence-corrected chi connectivity index (χ1v) is 4.21. The van der Waals surface area contributed by atoms with Gasteiger partial charge in [0.25, 0.3) is 0 Å². The Morgan fingerprint density at radius 3 is 3.08 bits per heavy atom. The summed E-state index contributed by atoms with van der Waals surface area (Å²) in [6.45, 7) is 0. The van der Waals surface area contributed by atoms with Crippen molar-refractivity contribution < 1.29 is 4.42 Å². The number of rotatable bonds is 2. The highest BCUT2D eigenvalue weighted by Crippen LogP contribution is 2.20. The van der Waals surface area contributed by atoms with Gasteiger partial charge in [-0.05, 0) is 23.7 Å². The molecule has 0 aliphatic heterocycles. The molecule has 2 N–H and O–H groups in total.